The predicted molar refractivity (Wildman–Crippen MR) is 91.1 cm³/mol. The first kappa shape index (κ1) is 15.7. The maximum Gasteiger partial charge on any atom is 0.223 e. The molecular weight excluding hydrogens is 314 g/mol. The van der Waals surface area contributed by atoms with E-state index in [4.69, 9.17) is 4.74 Å². The van der Waals surface area contributed by atoms with Crippen LogP contribution >= 0.6 is 22.7 Å². The van der Waals surface area contributed by atoms with Crippen molar-refractivity contribution in [3.05, 3.63) is 44.8 Å². The summed E-state index contributed by atoms with van der Waals surface area (Å²) < 4.78 is 5.63. The molecule has 0 saturated carbocycles. The number of nitrogens with zero attached hydrogens (tertiary/aromatic N) is 1. The minimum absolute atomic E-state index is 0.234. The zero-order chi connectivity index (χ0) is 15.2. The quantitative estimate of drug-likeness (QED) is 0.755. The van der Waals surface area contributed by atoms with Crippen LogP contribution in [0.5, 0.6) is 0 Å². The largest absolute Gasteiger partial charge is 0.378 e. The molecule has 0 aliphatic carbocycles. The minimum Gasteiger partial charge on any atom is -0.378 e. The number of thiophene rings is 2. The standard InChI is InChI=1S/C17H21NO2S2/c19-17(8-7-14-4-1-9-20-14)18(12-15-5-2-10-21-15)13-16-6-3-11-22-16/h2-3,5-6,10-11,14H,1,4,7-9,12-13H2. The first-order valence-corrected chi connectivity index (χ1v) is 9.51. The molecule has 3 nitrogen and oxygen atoms in total. The molecule has 3 heterocycles. The third kappa shape index (κ3) is 4.41. The van der Waals surface area contributed by atoms with Crippen molar-refractivity contribution >= 4 is 28.6 Å². The number of carbonyl (C=O) groups is 1. The highest BCUT2D eigenvalue weighted by Gasteiger charge is 2.20. The molecule has 0 radical (unpaired) electrons. The van der Waals surface area contributed by atoms with Gasteiger partial charge < -0.3 is 9.64 Å². The zero-order valence-corrected chi connectivity index (χ0v) is 14.2. The molecule has 0 aromatic carbocycles. The Balaban J connectivity index is 1.59. The number of rotatable bonds is 7. The first-order chi connectivity index (χ1) is 10.8. The maximum absolute atomic E-state index is 12.6. The zero-order valence-electron chi connectivity index (χ0n) is 12.6. The van der Waals surface area contributed by atoms with E-state index in [2.05, 4.69) is 22.9 Å². The Morgan fingerprint density at radius 2 is 1.86 bits per heavy atom. The maximum atomic E-state index is 12.6. The lowest BCUT2D eigenvalue weighted by Crippen LogP contribution is -2.30. The van der Waals surface area contributed by atoms with Gasteiger partial charge in [0.2, 0.25) is 5.91 Å². The summed E-state index contributed by atoms with van der Waals surface area (Å²) in [7, 11) is 0. The molecule has 1 aliphatic rings. The second-order valence-electron chi connectivity index (χ2n) is 5.58. The topological polar surface area (TPSA) is 29.5 Å². The Bertz CT molecular complexity index is 523. The van der Waals surface area contributed by atoms with Crippen LogP contribution in [-0.2, 0) is 22.6 Å². The second-order valence-corrected chi connectivity index (χ2v) is 7.65. The Morgan fingerprint density at radius 1 is 1.18 bits per heavy atom. The molecule has 0 N–H and O–H groups in total. The van der Waals surface area contributed by atoms with Gasteiger partial charge in [-0.25, -0.2) is 0 Å². The molecule has 1 fully saturated rings. The summed E-state index contributed by atoms with van der Waals surface area (Å²) in [5.74, 6) is 0.234. The van der Waals surface area contributed by atoms with Gasteiger partial charge in [0, 0.05) is 22.8 Å². The van der Waals surface area contributed by atoms with Crippen molar-refractivity contribution in [3.8, 4) is 0 Å². The molecule has 1 amide bonds. The summed E-state index contributed by atoms with van der Waals surface area (Å²) in [5, 5.41) is 4.13. The summed E-state index contributed by atoms with van der Waals surface area (Å²) in [6.45, 7) is 2.27. The van der Waals surface area contributed by atoms with E-state index >= 15 is 0 Å². The lowest BCUT2D eigenvalue weighted by atomic mass is 10.1. The average molecular weight is 335 g/mol. The van der Waals surface area contributed by atoms with Crippen molar-refractivity contribution in [2.24, 2.45) is 0 Å². The summed E-state index contributed by atoms with van der Waals surface area (Å²) in [6.07, 6.45) is 3.95. The Hall–Kier alpha value is -1.17. The normalized spacial score (nSPS) is 17.7. The van der Waals surface area contributed by atoms with Gasteiger partial charge in [-0.05, 0) is 42.2 Å². The first-order valence-electron chi connectivity index (χ1n) is 7.75. The molecular formula is C17H21NO2S2. The lowest BCUT2D eigenvalue weighted by molar-refractivity contribution is -0.133. The van der Waals surface area contributed by atoms with Crippen LogP contribution in [0.25, 0.3) is 0 Å². The number of hydrogen-bond acceptors (Lipinski definition) is 4. The lowest BCUT2D eigenvalue weighted by Gasteiger charge is -2.22. The van der Waals surface area contributed by atoms with Crippen LogP contribution in [-0.4, -0.2) is 23.5 Å². The van der Waals surface area contributed by atoms with Gasteiger partial charge in [-0.1, -0.05) is 12.1 Å². The van der Waals surface area contributed by atoms with Crippen molar-refractivity contribution in [3.63, 3.8) is 0 Å². The molecule has 5 heteroatoms. The number of hydrogen-bond donors (Lipinski definition) is 0. The SMILES string of the molecule is O=C(CCC1CCCO1)N(Cc1cccs1)Cc1cccs1. The number of amides is 1. The summed E-state index contributed by atoms with van der Waals surface area (Å²) in [4.78, 5) is 17.1. The van der Waals surface area contributed by atoms with Crippen molar-refractivity contribution in [2.45, 2.75) is 44.9 Å². The van der Waals surface area contributed by atoms with E-state index in [1.165, 1.54) is 9.75 Å². The molecule has 0 bridgehead atoms. The van der Waals surface area contributed by atoms with Crippen molar-refractivity contribution < 1.29 is 9.53 Å². The third-order valence-electron chi connectivity index (χ3n) is 3.91. The highest BCUT2D eigenvalue weighted by molar-refractivity contribution is 7.10. The van der Waals surface area contributed by atoms with E-state index in [0.717, 1.165) is 25.9 Å². The summed E-state index contributed by atoms with van der Waals surface area (Å²) >= 11 is 3.42. The fourth-order valence-corrected chi connectivity index (χ4v) is 4.17. The molecule has 3 rings (SSSR count). The van der Waals surface area contributed by atoms with Crippen LogP contribution in [0, 0.1) is 0 Å². The Labute approximate surface area is 139 Å². The van der Waals surface area contributed by atoms with Crippen molar-refractivity contribution in [1.29, 1.82) is 0 Å². The van der Waals surface area contributed by atoms with E-state index in [-0.39, 0.29) is 12.0 Å². The van der Waals surface area contributed by atoms with Crippen LogP contribution in [0.3, 0.4) is 0 Å². The molecule has 2 aromatic rings. The van der Waals surface area contributed by atoms with Gasteiger partial charge in [0.25, 0.3) is 0 Å². The smallest absolute Gasteiger partial charge is 0.223 e. The number of ether oxygens (including phenoxy) is 1. The van der Waals surface area contributed by atoms with E-state index in [9.17, 15) is 4.79 Å². The minimum atomic E-state index is 0.234. The second kappa shape index (κ2) is 7.90. The molecule has 2 aromatic heterocycles. The van der Waals surface area contributed by atoms with E-state index < -0.39 is 0 Å². The average Bonchev–Trinajstić information content (AvgIpc) is 3.27. The molecule has 118 valence electrons. The highest BCUT2D eigenvalue weighted by Crippen LogP contribution is 2.21. The summed E-state index contributed by atoms with van der Waals surface area (Å²) in [6, 6.07) is 8.28. The van der Waals surface area contributed by atoms with Crippen molar-refractivity contribution in [2.75, 3.05) is 6.61 Å². The van der Waals surface area contributed by atoms with E-state index in [1.54, 1.807) is 22.7 Å². The third-order valence-corrected chi connectivity index (χ3v) is 5.63. The fraction of sp³-hybridized carbons (Fsp3) is 0.471. The molecule has 1 saturated heterocycles. The van der Waals surface area contributed by atoms with Gasteiger partial charge in [0.1, 0.15) is 0 Å². The Morgan fingerprint density at radius 3 is 2.36 bits per heavy atom. The van der Waals surface area contributed by atoms with Crippen LogP contribution in [0.15, 0.2) is 35.0 Å². The van der Waals surface area contributed by atoms with Crippen LogP contribution in [0.1, 0.15) is 35.4 Å². The highest BCUT2D eigenvalue weighted by atomic mass is 32.1. The monoisotopic (exact) mass is 335 g/mol. The molecule has 1 aliphatic heterocycles. The van der Waals surface area contributed by atoms with Crippen molar-refractivity contribution in [1.82, 2.24) is 4.90 Å². The number of carbonyl (C=O) groups excluding carboxylic acids is 1. The summed E-state index contributed by atoms with van der Waals surface area (Å²) in [5.41, 5.74) is 0. The van der Waals surface area contributed by atoms with Gasteiger partial charge >= 0.3 is 0 Å². The Kier molecular flexibility index (Phi) is 5.64. The van der Waals surface area contributed by atoms with E-state index in [1.807, 2.05) is 17.0 Å². The van der Waals surface area contributed by atoms with Gasteiger partial charge in [-0.15, -0.1) is 22.7 Å². The predicted octanol–water partition coefficient (Wildman–Crippen LogP) is 4.30. The van der Waals surface area contributed by atoms with E-state index in [0.29, 0.717) is 19.5 Å². The van der Waals surface area contributed by atoms with Gasteiger partial charge in [-0.2, -0.15) is 0 Å². The van der Waals surface area contributed by atoms with Gasteiger partial charge in [-0.3, -0.25) is 4.79 Å². The molecule has 0 spiro atoms. The van der Waals surface area contributed by atoms with Crippen LogP contribution < -0.4 is 0 Å². The molecule has 22 heavy (non-hydrogen) atoms. The van der Waals surface area contributed by atoms with Crippen LogP contribution in [0.2, 0.25) is 0 Å². The molecule has 1 atom stereocenters. The fourth-order valence-electron chi connectivity index (χ4n) is 2.73. The van der Waals surface area contributed by atoms with Gasteiger partial charge in [0.15, 0.2) is 0 Å². The van der Waals surface area contributed by atoms with Gasteiger partial charge in [0.05, 0.1) is 19.2 Å². The molecule has 1 unspecified atom stereocenters. The van der Waals surface area contributed by atoms with Crippen LogP contribution in [0.4, 0.5) is 0 Å².